The molecule has 0 saturated carbocycles. The number of rotatable bonds is 6. The summed E-state index contributed by atoms with van der Waals surface area (Å²) in [7, 11) is 0. The van der Waals surface area contributed by atoms with Gasteiger partial charge in [-0.3, -0.25) is 11.3 Å². The third-order valence-electron chi connectivity index (χ3n) is 3.79. The molecule has 1 aliphatic rings. The Hall–Kier alpha value is -0.860. The van der Waals surface area contributed by atoms with Crippen molar-refractivity contribution in [1.29, 1.82) is 0 Å². The molecular formula is C15H24N2. The predicted octanol–water partition coefficient (Wildman–Crippen LogP) is 2.74. The Morgan fingerprint density at radius 2 is 2.12 bits per heavy atom. The number of unbranched alkanes of at least 4 members (excludes halogenated alkanes) is 1. The van der Waals surface area contributed by atoms with E-state index >= 15 is 0 Å². The third kappa shape index (κ3) is 3.30. The van der Waals surface area contributed by atoms with E-state index in [0.717, 1.165) is 6.42 Å². The van der Waals surface area contributed by atoms with Crippen molar-refractivity contribution in [3.8, 4) is 0 Å². The number of nitrogens with two attached hydrogens (primary N) is 1. The molecule has 0 aromatic heterocycles. The molecule has 17 heavy (non-hydrogen) atoms. The highest BCUT2D eigenvalue weighted by molar-refractivity contribution is 5.35. The van der Waals surface area contributed by atoms with Gasteiger partial charge in [0.2, 0.25) is 0 Å². The van der Waals surface area contributed by atoms with Crippen LogP contribution in [0.1, 0.15) is 49.3 Å². The summed E-state index contributed by atoms with van der Waals surface area (Å²) in [5.41, 5.74) is 7.51. The Balaban J connectivity index is 1.97. The summed E-state index contributed by atoms with van der Waals surface area (Å²) >= 11 is 0. The van der Waals surface area contributed by atoms with Crippen LogP contribution in [0.5, 0.6) is 0 Å². The molecule has 0 radical (unpaired) electrons. The summed E-state index contributed by atoms with van der Waals surface area (Å²) in [5.74, 6) is 5.62. The average molecular weight is 232 g/mol. The lowest BCUT2D eigenvalue weighted by atomic mass is 9.98. The molecule has 2 nitrogen and oxygen atoms in total. The largest absolute Gasteiger partial charge is 0.271 e. The van der Waals surface area contributed by atoms with E-state index in [2.05, 4.69) is 30.5 Å². The Bertz CT molecular complexity index is 360. The van der Waals surface area contributed by atoms with Crippen molar-refractivity contribution in [2.45, 2.75) is 57.9 Å². The molecule has 1 atom stereocenters. The van der Waals surface area contributed by atoms with Crippen LogP contribution in [0.15, 0.2) is 18.2 Å². The highest BCUT2D eigenvalue weighted by atomic mass is 15.2. The molecule has 0 spiro atoms. The zero-order valence-corrected chi connectivity index (χ0v) is 10.8. The maximum absolute atomic E-state index is 5.62. The van der Waals surface area contributed by atoms with Crippen LogP contribution in [0.2, 0.25) is 0 Å². The van der Waals surface area contributed by atoms with Gasteiger partial charge in [-0.05, 0) is 48.8 Å². The Kier molecular flexibility index (Phi) is 4.57. The van der Waals surface area contributed by atoms with E-state index in [1.807, 2.05) is 0 Å². The molecule has 0 aliphatic heterocycles. The van der Waals surface area contributed by atoms with E-state index in [9.17, 15) is 0 Å². The molecule has 3 N–H and O–H groups in total. The van der Waals surface area contributed by atoms with E-state index in [1.165, 1.54) is 44.1 Å². The minimum absolute atomic E-state index is 0.425. The average Bonchev–Trinajstić information content (AvgIpc) is 2.81. The molecular weight excluding hydrogens is 208 g/mol. The third-order valence-corrected chi connectivity index (χ3v) is 3.79. The van der Waals surface area contributed by atoms with Crippen LogP contribution < -0.4 is 11.3 Å². The molecule has 0 heterocycles. The second kappa shape index (κ2) is 6.18. The van der Waals surface area contributed by atoms with E-state index in [1.54, 1.807) is 11.1 Å². The number of benzene rings is 1. The fourth-order valence-electron chi connectivity index (χ4n) is 2.73. The molecule has 1 unspecified atom stereocenters. The standard InChI is InChI=1S/C15H24N2/c1-2-3-7-15(17-16)11-12-8-9-13-5-4-6-14(13)10-12/h8-10,15,17H,2-7,11,16H2,1H3. The van der Waals surface area contributed by atoms with Crippen LogP contribution in [-0.4, -0.2) is 6.04 Å². The van der Waals surface area contributed by atoms with Crippen molar-refractivity contribution in [1.82, 2.24) is 5.43 Å². The first-order valence-electron chi connectivity index (χ1n) is 6.90. The van der Waals surface area contributed by atoms with Gasteiger partial charge in [-0.15, -0.1) is 0 Å². The van der Waals surface area contributed by atoms with Crippen LogP contribution >= 0.6 is 0 Å². The fourth-order valence-corrected chi connectivity index (χ4v) is 2.73. The molecule has 1 aliphatic carbocycles. The topological polar surface area (TPSA) is 38.0 Å². The van der Waals surface area contributed by atoms with Gasteiger partial charge in [-0.2, -0.15) is 0 Å². The summed E-state index contributed by atoms with van der Waals surface area (Å²) in [5, 5.41) is 0. The Morgan fingerprint density at radius 1 is 1.29 bits per heavy atom. The zero-order valence-electron chi connectivity index (χ0n) is 10.8. The van der Waals surface area contributed by atoms with Crippen molar-refractivity contribution in [2.75, 3.05) is 0 Å². The summed E-state index contributed by atoms with van der Waals surface area (Å²) in [4.78, 5) is 0. The lowest BCUT2D eigenvalue weighted by Crippen LogP contribution is -2.36. The maximum atomic E-state index is 5.62. The quantitative estimate of drug-likeness (QED) is 0.584. The highest BCUT2D eigenvalue weighted by Crippen LogP contribution is 2.23. The predicted molar refractivity (Wildman–Crippen MR) is 72.8 cm³/mol. The van der Waals surface area contributed by atoms with Gasteiger partial charge in [0.25, 0.3) is 0 Å². The fraction of sp³-hybridized carbons (Fsp3) is 0.600. The molecule has 94 valence electrons. The van der Waals surface area contributed by atoms with Gasteiger partial charge in [0.15, 0.2) is 0 Å². The lowest BCUT2D eigenvalue weighted by Gasteiger charge is -2.16. The van der Waals surface area contributed by atoms with Crippen LogP contribution in [0, 0.1) is 0 Å². The van der Waals surface area contributed by atoms with E-state index < -0.39 is 0 Å². The summed E-state index contributed by atoms with van der Waals surface area (Å²) in [6.45, 7) is 2.23. The monoisotopic (exact) mass is 232 g/mol. The molecule has 0 bridgehead atoms. The van der Waals surface area contributed by atoms with Crippen molar-refractivity contribution in [2.24, 2.45) is 5.84 Å². The first-order valence-corrected chi connectivity index (χ1v) is 6.90. The molecule has 1 aromatic rings. The van der Waals surface area contributed by atoms with Gasteiger partial charge < -0.3 is 0 Å². The van der Waals surface area contributed by atoms with Crippen molar-refractivity contribution >= 4 is 0 Å². The summed E-state index contributed by atoms with van der Waals surface area (Å²) in [6, 6.07) is 7.40. The van der Waals surface area contributed by atoms with Crippen molar-refractivity contribution in [3.63, 3.8) is 0 Å². The minimum atomic E-state index is 0.425. The van der Waals surface area contributed by atoms with Crippen LogP contribution in [-0.2, 0) is 19.3 Å². The minimum Gasteiger partial charge on any atom is -0.271 e. The van der Waals surface area contributed by atoms with Crippen molar-refractivity contribution in [3.05, 3.63) is 34.9 Å². The number of nitrogens with one attached hydrogen (secondary N) is 1. The van der Waals surface area contributed by atoms with Gasteiger partial charge in [0.1, 0.15) is 0 Å². The second-order valence-corrected chi connectivity index (χ2v) is 5.17. The Labute approximate surface area is 105 Å². The SMILES string of the molecule is CCCCC(Cc1ccc2c(c1)CCC2)NN. The van der Waals surface area contributed by atoms with E-state index in [4.69, 9.17) is 5.84 Å². The van der Waals surface area contributed by atoms with Gasteiger partial charge in [-0.25, -0.2) is 0 Å². The maximum Gasteiger partial charge on any atom is 0.0250 e. The summed E-state index contributed by atoms with van der Waals surface area (Å²) < 4.78 is 0. The molecule has 2 heteroatoms. The molecule has 2 rings (SSSR count). The number of hydrazine groups is 1. The van der Waals surface area contributed by atoms with Gasteiger partial charge in [0, 0.05) is 6.04 Å². The highest BCUT2D eigenvalue weighted by Gasteiger charge is 2.12. The van der Waals surface area contributed by atoms with E-state index in [-0.39, 0.29) is 0 Å². The number of fused-ring (bicyclic) bond motifs is 1. The van der Waals surface area contributed by atoms with Crippen molar-refractivity contribution < 1.29 is 0 Å². The van der Waals surface area contributed by atoms with E-state index in [0.29, 0.717) is 6.04 Å². The first-order chi connectivity index (χ1) is 8.33. The Morgan fingerprint density at radius 3 is 2.88 bits per heavy atom. The normalized spacial score (nSPS) is 15.9. The number of aryl methyl sites for hydroxylation is 2. The molecule has 1 aromatic carbocycles. The summed E-state index contributed by atoms with van der Waals surface area (Å²) in [6.07, 6.45) is 8.58. The zero-order chi connectivity index (χ0) is 12.1. The van der Waals surface area contributed by atoms with Crippen LogP contribution in [0.4, 0.5) is 0 Å². The van der Waals surface area contributed by atoms with Crippen LogP contribution in [0.3, 0.4) is 0 Å². The van der Waals surface area contributed by atoms with Crippen LogP contribution in [0.25, 0.3) is 0 Å². The number of hydrogen-bond donors (Lipinski definition) is 2. The molecule has 0 saturated heterocycles. The van der Waals surface area contributed by atoms with Gasteiger partial charge in [-0.1, -0.05) is 38.0 Å². The van der Waals surface area contributed by atoms with Gasteiger partial charge in [0.05, 0.1) is 0 Å². The second-order valence-electron chi connectivity index (χ2n) is 5.17. The lowest BCUT2D eigenvalue weighted by molar-refractivity contribution is 0.473. The molecule has 0 amide bonds. The smallest absolute Gasteiger partial charge is 0.0250 e. The molecule has 0 fully saturated rings. The van der Waals surface area contributed by atoms with Gasteiger partial charge >= 0.3 is 0 Å². The first kappa shape index (κ1) is 12.6. The number of hydrogen-bond acceptors (Lipinski definition) is 2.